The molecule has 0 saturated carbocycles. The SMILES string of the molecule is Cc1cc(Sc2ccccn2)ccn1. The molecule has 0 aliphatic heterocycles. The zero-order valence-electron chi connectivity index (χ0n) is 7.84. The van der Waals surface area contributed by atoms with Gasteiger partial charge >= 0.3 is 0 Å². The van der Waals surface area contributed by atoms with Gasteiger partial charge < -0.3 is 0 Å². The van der Waals surface area contributed by atoms with Gasteiger partial charge in [0.1, 0.15) is 5.03 Å². The minimum atomic E-state index is 1.01. The number of aryl methyl sites for hydroxylation is 1. The maximum Gasteiger partial charge on any atom is 0.101 e. The third-order valence-corrected chi connectivity index (χ3v) is 2.67. The van der Waals surface area contributed by atoms with Crippen LogP contribution in [-0.2, 0) is 0 Å². The summed E-state index contributed by atoms with van der Waals surface area (Å²) in [6.45, 7) is 1.99. The van der Waals surface area contributed by atoms with E-state index in [-0.39, 0.29) is 0 Å². The van der Waals surface area contributed by atoms with Crippen LogP contribution in [0, 0.1) is 6.92 Å². The first kappa shape index (κ1) is 9.21. The molecule has 0 N–H and O–H groups in total. The molecule has 0 radical (unpaired) electrons. The van der Waals surface area contributed by atoms with E-state index in [4.69, 9.17) is 0 Å². The van der Waals surface area contributed by atoms with Crippen LogP contribution in [0.1, 0.15) is 5.69 Å². The molecular formula is C11H10N2S. The third-order valence-electron chi connectivity index (χ3n) is 1.73. The second-order valence-corrected chi connectivity index (χ2v) is 4.00. The summed E-state index contributed by atoms with van der Waals surface area (Å²) in [6, 6.07) is 9.96. The first-order valence-electron chi connectivity index (χ1n) is 4.36. The smallest absolute Gasteiger partial charge is 0.101 e. The van der Waals surface area contributed by atoms with E-state index >= 15 is 0 Å². The first-order valence-corrected chi connectivity index (χ1v) is 5.18. The molecule has 70 valence electrons. The van der Waals surface area contributed by atoms with Gasteiger partial charge in [-0.3, -0.25) is 4.98 Å². The van der Waals surface area contributed by atoms with Gasteiger partial charge in [-0.15, -0.1) is 0 Å². The Kier molecular flexibility index (Phi) is 2.79. The Balaban J connectivity index is 2.19. The van der Waals surface area contributed by atoms with E-state index in [9.17, 15) is 0 Å². The lowest BCUT2D eigenvalue weighted by Gasteiger charge is -2.00. The molecule has 0 aliphatic carbocycles. The summed E-state index contributed by atoms with van der Waals surface area (Å²) in [5.74, 6) is 0. The van der Waals surface area contributed by atoms with Gasteiger partial charge in [0.2, 0.25) is 0 Å². The van der Waals surface area contributed by atoms with Crippen LogP contribution >= 0.6 is 11.8 Å². The van der Waals surface area contributed by atoms with Gasteiger partial charge in [0.15, 0.2) is 0 Å². The highest BCUT2D eigenvalue weighted by atomic mass is 32.2. The molecule has 0 amide bonds. The van der Waals surface area contributed by atoms with E-state index in [1.165, 1.54) is 4.90 Å². The zero-order chi connectivity index (χ0) is 9.80. The van der Waals surface area contributed by atoms with Crippen LogP contribution in [0.15, 0.2) is 52.6 Å². The fourth-order valence-corrected chi connectivity index (χ4v) is 1.97. The van der Waals surface area contributed by atoms with E-state index < -0.39 is 0 Å². The fourth-order valence-electron chi connectivity index (χ4n) is 1.11. The van der Waals surface area contributed by atoms with Crippen molar-refractivity contribution in [3.8, 4) is 0 Å². The van der Waals surface area contributed by atoms with Crippen LogP contribution in [0.5, 0.6) is 0 Å². The first-order chi connectivity index (χ1) is 6.84. The lowest BCUT2D eigenvalue weighted by Crippen LogP contribution is -1.81. The second-order valence-electron chi connectivity index (χ2n) is 2.90. The Labute approximate surface area is 87.4 Å². The summed E-state index contributed by atoms with van der Waals surface area (Å²) in [5, 5.41) is 1.01. The molecule has 14 heavy (non-hydrogen) atoms. The second kappa shape index (κ2) is 4.24. The van der Waals surface area contributed by atoms with Crippen LogP contribution in [0.25, 0.3) is 0 Å². The predicted octanol–water partition coefficient (Wildman–Crippen LogP) is 2.94. The minimum absolute atomic E-state index is 1.01. The Morgan fingerprint density at radius 3 is 2.71 bits per heavy atom. The average molecular weight is 202 g/mol. The lowest BCUT2D eigenvalue weighted by atomic mass is 10.4. The Bertz CT molecular complexity index is 415. The van der Waals surface area contributed by atoms with E-state index in [0.717, 1.165) is 10.7 Å². The summed E-state index contributed by atoms with van der Waals surface area (Å²) in [6.07, 6.45) is 3.62. The predicted molar refractivity (Wildman–Crippen MR) is 57.3 cm³/mol. The molecule has 0 aromatic carbocycles. The van der Waals surface area contributed by atoms with Gasteiger partial charge in [-0.2, -0.15) is 0 Å². The molecule has 2 aromatic heterocycles. The van der Waals surface area contributed by atoms with Crippen molar-refractivity contribution in [3.63, 3.8) is 0 Å². The Hall–Kier alpha value is -1.35. The molecule has 2 aromatic rings. The lowest BCUT2D eigenvalue weighted by molar-refractivity contribution is 1.12. The number of rotatable bonds is 2. The van der Waals surface area contributed by atoms with Gasteiger partial charge in [0, 0.05) is 23.0 Å². The molecule has 0 atom stereocenters. The van der Waals surface area contributed by atoms with Gasteiger partial charge in [-0.25, -0.2) is 4.98 Å². The van der Waals surface area contributed by atoms with E-state index in [1.807, 2.05) is 37.4 Å². The van der Waals surface area contributed by atoms with Gasteiger partial charge in [-0.05, 0) is 31.2 Å². The number of hydrogen-bond acceptors (Lipinski definition) is 3. The average Bonchev–Trinajstić information content (AvgIpc) is 2.19. The zero-order valence-corrected chi connectivity index (χ0v) is 8.66. The molecule has 0 aliphatic rings. The summed E-state index contributed by atoms with van der Waals surface area (Å²) in [5.41, 5.74) is 1.03. The number of pyridine rings is 2. The largest absolute Gasteiger partial charge is 0.262 e. The summed E-state index contributed by atoms with van der Waals surface area (Å²) in [7, 11) is 0. The monoisotopic (exact) mass is 202 g/mol. The summed E-state index contributed by atoms with van der Waals surface area (Å²) in [4.78, 5) is 9.57. The third kappa shape index (κ3) is 2.33. The topological polar surface area (TPSA) is 25.8 Å². The van der Waals surface area contributed by atoms with Crippen molar-refractivity contribution in [1.82, 2.24) is 9.97 Å². The Morgan fingerprint density at radius 1 is 1.07 bits per heavy atom. The minimum Gasteiger partial charge on any atom is -0.262 e. The van der Waals surface area contributed by atoms with Crippen molar-refractivity contribution in [2.24, 2.45) is 0 Å². The number of aromatic nitrogens is 2. The van der Waals surface area contributed by atoms with Crippen molar-refractivity contribution < 1.29 is 0 Å². The molecule has 2 rings (SSSR count). The summed E-state index contributed by atoms with van der Waals surface area (Å²) >= 11 is 1.65. The van der Waals surface area contributed by atoms with Crippen LogP contribution in [0.4, 0.5) is 0 Å². The van der Waals surface area contributed by atoms with E-state index in [1.54, 1.807) is 18.0 Å². The quantitative estimate of drug-likeness (QED) is 0.748. The van der Waals surface area contributed by atoms with Gasteiger partial charge in [0.25, 0.3) is 0 Å². The normalized spacial score (nSPS) is 10.1. The van der Waals surface area contributed by atoms with Crippen molar-refractivity contribution in [2.45, 2.75) is 16.8 Å². The molecule has 0 saturated heterocycles. The molecule has 0 spiro atoms. The molecule has 3 heteroatoms. The van der Waals surface area contributed by atoms with Crippen molar-refractivity contribution in [2.75, 3.05) is 0 Å². The highest BCUT2D eigenvalue weighted by molar-refractivity contribution is 7.99. The molecule has 0 fully saturated rings. The fraction of sp³-hybridized carbons (Fsp3) is 0.0909. The number of hydrogen-bond donors (Lipinski definition) is 0. The van der Waals surface area contributed by atoms with Crippen LogP contribution in [0.3, 0.4) is 0 Å². The number of nitrogens with zero attached hydrogens (tertiary/aromatic N) is 2. The van der Waals surface area contributed by atoms with Crippen molar-refractivity contribution in [3.05, 3.63) is 48.4 Å². The van der Waals surface area contributed by atoms with Crippen LogP contribution < -0.4 is 0 Å². The van der Waals surface area contributed by atoms with Crippen molar-refractivity contribution in [1.29, 1.82) is 0 Å². The molecule has 0 bridgehead atoms. The highest BCUT2D eigenvalue weighted by Gasteiger charge is 1.97. The van der Waals surface area contributed by atoms with Gasteiger partial charge in [-0.1, -0.05) is 17.8 Å². The standard InChI is InChI=1S/C11H10N2S/c1-9-8-10(5-7-12-9)14-11-4-2-3-6-13-11/h2-8H,1H3. The molecule has 2 heterocycles. The maximum atomic E-state index is 4.25. The maximum absolute atomic E-state index is 4.25. The van der Waals surface area contributed by atoms with Crippen LogP contribution in [-0.4, -0.2) is 9.97 Å². The molecule has 0 unspecified atom stereocenters. The molecular weight excluding hydrogens is 192 g/mol. The summed E-state index contributed by atoms with van der Waals surface area (Å²) < 4.78 is 0. The Morgan fingerprint density at radius 2 is 2.00 bits per heavy atom. The van der Waals surface area contributed by atoms with Crippen molar-refractivity contribution >= 4 is 11.8 Å². The highest BCUT2D eigenvalue weighted by Crippen LogP contribution is 2.25. The van der Waals surface area contributed by atoms with E-state index in [0.29, 0.717) is 0 Å². The van der Waals surface area contributed by atoms with Gasteiger partial charge in [0.05, 0.1) is 0 Å². The van der Waals surface area contributed by atoms with Crippen LogP contribution in [0.2, 0.25) is 0 Å². The molecule has 2 nitrogen and oxygen atoms in total. The van der Waals surface area contributed by atoms with E-state index in [2.05, 4.69) is 16.0 Å².